The molecule has 0 unspecified atom stereocenters. The van der Waals surface area contributed by atoms with Crippen molar-refractivity contribution in [3.05, 3.63) is 34.7 Å². The second-order valence-electron chi connectivity index (χ2n) is 7.17. The second-order valence-corrected chi connectivity index (χ2v) is 7.17. The Morgan fingerprint density at radius 3 is 2.65 bits per heavy atom. The number of hydrogen-bond donors (Lipinski definition) is 1. The highest BCUT2D eigenvalue weighted by atomic mass is 16.5. The summed E-state index contributed by atoms with van der Waals surface area (Å²) in [6.07, 6.45) is 3.28. The van der Waals surface area contributed by atoms with Crippen LogP contribution >= 0.6 is 0 Å². The molecule has 1 aromatic carbocycles. The smallest absolute Gasteiger partial charge is 0.326 e. The third-order valence-electron chi connectivity index (χ3n) is 5.67. The zero-order chi connectivity index (χ0) is 15.9. The van der Waals surface area contributed by atoms with E-state index in [1.165, 1.54) is 6.42 Å². The van der Waals surface area contributed by atoms with Gasteiger partial charge >= 0.3 is 5.69 Å². The van der Waals surface area contributed by atoms with E-state index in [0.717, 1.165) is 56.7 Å². The highest BCUT2D eigenvalue weighted by Crippen LogP contribution is 2.34. The maximum absolute atomic E-state index is 12.3. The van der Waals surface area contributed by atoms with Crippen molar-refractivity contribution in [3.8, 4) is 0 Å². The summed E-state index contributed by atoms with van der Waals surface area (Å²) in [6.45, 7) is 7.35. The molecular weight excluding hydrogens is 290 g/mol. The molecular formula is C18H25N3O2. The van der Waals surface area contributed by atoms with E-state index < -0.39 is 0 Å². The number of ether oxygens (including phenoxy) is 1. The molecule has 0 bridgehead atoms. The molecule has 0 radical (unpaired) electrons. The summed E-state index contributed by atoms with van der Waals surface area (Å²) >= 11 is 0. The van der Waals surface area contributed by atoms with Gasteiger partial charge in [-0.25, -0.2) is 4.79 Å². The molecule has 3 heterocycles. The van der Waals surface area contributed by atoms with Crippen molar-refractivity contribution in [3.63, 3.8) is 0 Å². The lowest BCUT2D eigenvalue weighted by Gasteiger charge is -2.45. The van der Waals surface area contributed by atoms with E-state index in [9.17, 15) is 4.79 Å². The second kappa shape index (κ2) is 5.80. The number of aromatic amines is 1. The molecule has 2 fully saturated rings. The van der Waals surface area contributed by atoms with Crippen molar-refractivity contribution in [1.82, 2.24) is 14.5 Å². The van der Waals surface area contributed by atoms with Gasteiger partial charge < -0.3 is 14.6 Å². The molecule has 0 saturated carbocycles. The number of H-pyrrole nitrogens is 1. The van der Waals surface area contributed by atoms with E-state index >= 15 is 0 Å². The minimum atomic E-state index is 0.0297. The lowest BCUT2D eigenvalue weighted by molar-refractivity contribution is -0.130. The van der Waals surface area contributed by atoms with E-state index in [2.05, 4.69) is 16.8 Å². The molecule has 124 valence electrons. The van der Waals surface area contributed by atoms with Crippen LogP contribution in [0.1, 0.15) is 32.2 Å². The average Bonchev–Trinajstić information content (AvgIpc) is 2.87. The van der Waals surface area contributed by atoms with E-state index in [4.69, 9.17) is 4.74 Å². The number of imidazole rings is 1. The molecule has 5 nitrogen and oxygen atoms in total. The number of piperidine rings is 1. The summed E-state index contributed by atoms with van der Waals surface area (Å²) in [5.41, 5.74) is 2.39. The van der Waals surface area contributed by atoms with Gasteiger partial charge in [0.15, 0.2) is 0 Å². The quantitative estimate of drug-likeness (QED) is 0.942. The Morgan fingerprint density at radius 1 is 1.26 bits per heavy atom. The van der Waals surface area contributed by atoms with Crippen molar-refractivity contribution in [1.29, 1.82) is 0 Å². The lowest BCUT2D eigenvalue weighted by Crippen LogP contribution is -2.52. The van der Waals surface area contributed by atoms with E-state index in [-0.39, 0.29) is 5.69 Å². The number of rotatable bonds is 4. The normalized spacial score (nSPS) is 22.3. The monoisotopic (exact) mass is 315 g/mol. The highest BCUT2D eigenvalue weighted by Gasteiger charge is 2.39. The highest BCUT2D eigenvalue weighted by molar-refractivity contribution is 5.75. The summed E-state index contributed by atoms with van der Waals surface area (Å²) in [5, 5.41) is 0. The number of fused-ring (bicyclic) bond motifs is 1. The number of nitrogens with one attached hydrogen (secondary N) is 1. The Balaban J connectivity index is 1.47. The minimum Gasteiger partial charge on any atom is -0.380 e. The molecule has 2 aliphatic heterocycles. The Labute approximate surface area is 136 Å². The van der Waals surface area contributed by atoms with Crippen LogP contribution in [0.25, 0.3) is 11.0 Å². The fourth-order valence-electron chi connectivity index (χ4n) is 4.04. The summed E-state index contributed by atoms with van der Waals surface area (Å²) in [6, 6.07) is 8.30. The molecule has 0 atom stereocenters. The van der Waals surface area contributed by atoms with Crippen LogP contribution < -0.4 is 5.69 Å². The fourth-order valence-corrected chi connectivity index (χ4v) is 4.04. The molecule has 4 rings (SSSR count). The first-order valence-electron chi connectivity index (χ1n) is 8.70. The van der Waals surface area contributed by atoms with Crippen LogP contribution in [0.2, 0.25) is 0 Å². The summed E-state index contributed by atoms with van der Waals surface area (Å²) in [4.78, 5) is 17.9. The van der Waals surface area contributed by atoms with Gasteiger partial charge in [0.25, 0.3) is 0 Å². The topological polar surface area (TPSA) is 50.3 Å². The van der Waals surface area contributed by atoms with Gasteiger partial charge in [0.1, 0.15) is 0 Å². The molecule has 5 heteroatoms. The third-order valence-corrected chi connectivity index (χ3v) is 5.67. The van der Waals surface area contributed by atoms with Gasteiger partial charge in [0.05, 0.1) is 24.2 Å². The first-order chi connectivity index (χ1) is 11.2. The largest absolute Gasteiger partial charge is 0.380 e. The van der Waals surface area contributed by atoms with E-state index in [0.29, 0.717) is 11.5 Å². The van der Waals surface area contributed by atoms with Crippen LogP contribution in [0.4, 0.5) is 0 Å². The van der Waals surface area contributed by atoms with Gasteiger partial charge in [-0.05, 0) is 31.4 Å². The fraction of sp³-hybridized carbons (Fsp3) is 0.611. The Hall–Kier alpha value is -1.59. The first-order valence-corrected chi connectivity index (χ1v) is 8.70. The summed E-state index contributed by atoms with van der Waals surface area (Å²) < 4.78 is 7.41. The maximum Gasteiger partial charge on any atom is 0.326 e. The zero-order valence-electron chi connectivity index (χ0n) is 13.8. The van der Waals surface area contributed by atoms with Crippen LogP contribution in [0.15, 0.2) is 29.1 Å². The number of likely N-dealkylation sites (tertiary alicyclic amines) is 1. The van der Waals surface area contributed by atoms with Crippen LogP contribution in [0, 0.1) is 5.41 Å². The summed E-state index contributed by atoms with van der Waals surface area (Å²) in [7, 11) is 0. The van der Waals surface area contributed by atoms with Crippen molar-refractivity contribution >= 4 is 11.0 Å². The number of para-hydroxylation sites is 2. The van der Waals surface area contributed by atoms with Crippen molar-refractivity contribution < 1.29 is 4.74 Å². The Kier molecular flexibility index (Phi) is 3.77. The standard InChI is InChI=1S/C18H25N3O2/c1-2-18(12-23-13-18)11-20-9-7-14(8-10-20)21-16-6-4-3-5-15(16)19-17(21)22/h3-6,14H,2,7-13H2,1H3,(H,19,22). The molecule has 0 spiro atoms. The molecule has 1 aromatic heterocycles. The number of hydrogen-bond acceptors (Lipinski definition) is 3. The first kappa shape index (κ1) is 15.0. The van der Waals surface area contributed by atoms with Crippen LogP contribution in [-0.4, -0.2) is 47.3 Å². The van der Waals surface area contributed by atoms with Gasteiger partial charge in [0.2, 0.25) is 0 Å². The van der Waals surface area contributed by atoms with Gasteiger partial charge in [-0.2, -0.15) is 0 Å². The van der Waals surface area contributed by atoms with Crippen LogP contribution in [0.3, 0.4) is 0 Å². The zero-order valence-corrected chi connectivity index (χ0v) is 13.8. The van der Waals surface area contributed by atoms with E-state index in [1.54, 1.807) is 0 Å². The van der Waals surface area contributed by atoms with Gasteiger partial charge in [-0.1, -0.05) is 19.1 Å². The molecule has 0 aliphatic carbocycles. The predicted molar refractivity (Wildman–Crippen MR) is 90.8 cm³/mol. The Bertz CT molecular complexity index is 731. The molecule has 1 N–H and O–H groups in total. The SMILES string of the molecule is CCC1(CN2CCC(n3c(=O)[nH]c4ccccc43)CC2)COC1. The van der Waals surface area contributed by atoms with Gasteiger partial charge in [0, 0.05) is 31.1 Å². The molecule has 2 saturated heterocycles. The van der Waals surface area contributed by atoms with Crippen LogP contribution in [-0.2, 0) is 4.74 Å². The van der Waals surface area contributed by atoms with E-state index in [1.807, 2.05) is 28.8 Å². The average molecular weight is 315 g/mol. The maximum atomic E-state index is 12.3. The number of nitrogens with zero attached hydrogens (tertiary/aromatic N) is 2. The van der Waals surface area contributed by atoms with Gasteiger partial charge in [-0.3, -0.25) is 4.57 Å². The molecule has 0 amide bonds. The minimum absolute atomic E-state index is 0.0297. The number of aromatic nitrogens is 2. The van der Waals surface area contributed by atoms with Crippen molar-refractivity contribution in [2.24, 2.45) is 5.41 Å². The molecule has 23 heavy (non-hydrogen) atoms. The van der Waals surface area contributed by atoms with Gasteiger partial charge in [-0.15, -0.1) is 0 Å². The molecule has 2 aromatic rings. The molecule has 2 aliphatic rings. The van der Waals surface area contributed by atoms with Crippen molar-refractivity contribution in [2.45, 2.75) is 32.2 Å². The number of benzene rings is 1. The summed E-state index contributed by atoms with van der Waals surface area (Å²) in [5.74, 6) is 0. The van der Waals surface area contributed by atoms with Crippen LogP contribution in [0.5, 0.6) is 0 Å². The Morgan fingerprint density at radius 2 is 2.00 bits per heavy atom. The lowest BCUT2D eigenvalue weighted by atomic mass is 9.82. The third kappa shape index (κ3) is 2.62. The van der Waals surface area contributed by atoms with Crippen molar-refractivity contribution in [2.75, 3.05) is 32.8 Å². The predicted octanol–water partition coefficient (Wildman–Crippen LogP) is 2.39.